The lowest BCUT2D eigenvalue weighted by molar-refractivity contribution is 0.871. The van der Waals surface area contributed by atoms with E-state index in [-0.39, 0.29) is 0 Å². The van der Waals surface area contributed by atoms with E-state index in [1.54, 1.807) is 6.33 Å². The monoisotopic (exact) mass is 303 g/mol. The van der Waals surface area contributed by atoms with Gasteiger partial charge in [0.1, 0.15) is 6.33 Å². The van der Waals surface area contributed by atoms with Crippen LogP contribution in [0.2, 0.25) is 0 Å². The van der Waals surface area contributed by atoms with Crippen molar-refractivity contribution in [3.05, 3.63) is 60.2 Å². The largest absolute Gasteiger partial charge is 0.334 e. The molecule has 2 heterocycles. The first-order chi connectivity index (χ1) is 11.2. The average Bonchev–Trinajstić information content (AvgIpc) is 3.15. The van der Waals surface area contributed by atoms with Gasteiger partial charge in [-0.05, 0) is 37.1 Å². The maximum Gasteiger partial charge on any atom is 0.165 e. The van der Waals surface area contributed by atoms with Crippen molar-refractivity contribution in [1.29, 1.82) is 0 Å². The fourth-order valence-corrected chi connectivity index (χ4v) is 3.07. The van der Waals surface area contributed by atoms with Crippen LogP contribution in [-0.2, 0) is 7.05 Å². The van der Waals surface area contributed by atoms with E-state index in [0.717, 1.165) is 28.1 Å². The molecule has 2 aromatic heterocycles. The van der Waals surface area contributed by atoms with E-state index in [2.05, 4.69) is 53.2 Å². The SMILES string of the molecule is Cc1cccc(C)c1-n1ncnc1-c1cccc2c1ncn2C. The highest BCUT2D eigenvalue weighted by Crippen LogP contribution is 2.29. The molecule has 114 valence electrons. The summed E-state index contributed by atoms with van der Waals surface area (Å²) in [6.07, 6.45) is 3.43. The molecule has 23 heavy (non-hydrogen) atoms. The van der Waals surface area contributed by atoms with E-state index in [4.69, 9.17) is 0 Å². The summed E-state index contributed by atoms with van der Waals surface area (Å²) >= 11 is 0. The molecule has 0 aliphatic rings. The molecule has 4 aromatic rings. The van der Waals surface area contributed by atoms with Gasteiger partial charge in [-0.25, -0.2) is 14.6 Å². The smallest absolute Gasteiger partial charge is 0.165 e. The number of rotatable bonds is 2. The third-order valence-corrected chi connectivity index (χ3v) is 4.19. The molecule has 0 saturated carbocycles. The highest BCUT2D eigenvalue weighted by molar-refractivity contribution is 5.90. The van der Waals surface area contributed by atoms with Crippen molar-refractivity contribution >= 4 is 11.0 Å². The molecule has 0 fully saturated rings. The molecule has 0 N–H and O–H groups in total. The van der Waals surface area contributed by atoms with Crippen molar-refractivity contribution in [2.24, 2.45) is 7.05 Å². The lowest BCUT2D eigenvalue weighted by atomic mass is 10.1. The summed E-state index contributed by atoms with van der Waals surface area (Å²) in [5.41, 5.74) is 6.43. The number of aromatic nitrogens is 5. The minimum absolute atomic E-state index is 0.812. The zero-order valence-electron chi connectivity index (χ0n) is 13.4. The molecule has 0 radical (unpaired) electrons. The molecule has 0 spiro atoms. The van der Waals surface area contributed by atoms with E-state index in [1.807, 2.05) is 34.8 Å². The summed E-state index contributed by atoms with van der Waals surface area (Å²) < 4.78 is 3.92. The van der Waals surface area contributed by atoms with Crippen LogP contribution in [0.25, 0.3) is 28.1 Å². The van der Waals surface area contributed by atoms with Crippen molar-refractivity contribution in [2.75, 3.05) is 0 Å². The average molecular weight is 303 g/mol. The molecule has 0 unspecified atom stereocenters. The van der Waals surface area contributed by atoms with Crippen LogP contribution in [0.4, 0.5) is 0 Å². The van der Waals surface area contributed by atoms with Crippen LogP contribution < -0.4 is 0 Å². The van der Waals surface area contributed by atoms with Gasteiger partial charge in [0.2, 0.25) is 0 Å². The zero-order valence-corrected chi connectivity index (χ0v) is 13.4. The van der Waals surface area contributed by atoms with Gasteiger partial charge in [-0.15, -0.1) is 0 Å². The molecule has 4 rings (SSSR count). The number of aryl methyl sites for hydroxylation is 3. The number of fused-ring (bicyclic) bond motifs is 1. The van der Waals surface area contributed by atoms with Gasteiger partial charge in [-0.1, -0.05) is 24.3 Å². The quantitative estimate of drug-likeness (QED) is 0.570. The maximum absolute atomic E-state index is 4.54. The van der Waals surface area contributed by atoms with Crippen LogP contribution in [0.5, 0.6) is 0 Å². The Bertz CT molecular complexity index is 989. The highest BCUT2D eigenvalue weighted by atomic mass is 15.3. The summed E-state index contributed by atoms with van der Waals surface area (Å²) in [5, 5.41) is 4.47. The van der Waals surface area contributed by atoms with Gasteiger partial charge >= 0.3 is 0 Å². The third-order valence-electron chi connectivity index (χ3n) is 4.19. The molecule has 0 aliphatic carbocycles. The van der Waals surface area contributed by atoms with Crippen LogP contribution in [0.3, 0.4) is 0 Å². The molecule has 2 aromatic carbocycles. The Labute approximate surface area is 134 Å². The minimum atomic E-state index is 0.812. The van der Waals surface area contributed by atoms with Gasteiger partial charge in [0.25, 0.3) is 0 Å². The Morgan fingerprint density at radius 3 is 2.43 bits per heavy atom. The summed E-state index contributed by atoms with van der Waals surface area (Å²) in [6.45, 7) is 4.18. The first-order valence-corrected chi connectivity index (χ1v) is 7.54. The van der Waals surface area contributed by atoms with Gasteiger partial charge in [-0.2, -0.15) is 5.10 Å². The van der Waals surface area contributed by atoms with E-state index in [0.29, 0.717) is 0 Å². The second-order valence-corrected chi connectivity index (χ2v) is 5.76. The Morgan fingerprint density at radius 2 is 1.65 bits per heavy atom. The Kier molecular flexibility index (Phi) is 3.01. The lowest BCUT2D eigenvalue weighted by Crippen LogP contribution is -2.04. The number of nitrogens with zero attached hydrogens (tertiary/aromatic N) is 5. The second kappa shape index (κ2) is 5.05. The van der Waals surface area contributed by atoms with Crippen molar-refractivity contribution in [2.45, 2.75) is 13.8 Å². The highest BCUT2D eigenvalue weighted by Gasteiger charge is 2.16. The fraction of sp³-hybridized carbons (Fsp3) is 0.167. The van der Waals surface area contributed by atoms with Gasteiger partial charge in [0.05, 0.1) is 23.0 Å². The summed E-state index contributed by atoms with van der Waals surface area (Å²) in [5.74, 6) is 0.812. The van der Waals surface area contributed by atoms with E-state index >= 15 is 0 Å². The zero-order chi connectivity index (χ0) is 16.0. The van der Waals surface area contributed by atoms with Gasteiger partial charge in [0.15, 0.2) is 5.82 Å². The molecular weight excluding hydrogens is 286 g/mol. The molecule has 0 saturated heterocycles. The van der Waals surface area contributed by atoms with Crippen LogP contribution in [0.1, 0.15) is 11.1 Å². The second-order valence-electron chi connectivity index (χ2n) is 5.76. The summed E-state index contributed by atoms with van der Waals surface area (Å²) in [4.78, 5) is 9.04. The molecule has 0 amide bonds. The Balaban J connectivity index is 2.00. The van der Waals surface area contributed by atoms with Gasteiger partial charge < -0.3 is 4.57 Å². The molecule has 0 bridgehead atoms. The van der Waals surface area contributed by atoms with Crippen molar-refractivity contribution in [1.82, 2.24) is 24.3 Å². The van der Waals surface area contributed by atoms with Crippen molar-refractivity contribution in [3.8, 4) is 17.1 Å². The first kappa shape index (κ1) is 13.7. The van der Waals surface area contributed by atoms with Crippen LogP contribution in [-0.4, -0.2) is 24.3 Å². The van der Waals surface area contributed by atoms with Gasteiger partial charge in [0, 0.05) is 12.6 Å². The van der Waals surface area contributed by atoms with Crippen molar-refractivity contribution in [3.63, 3.8) is 0 Å². The number of hydrogen-bond acceptors (Lipinski definition) is 3. The first-order valence-electron chi connectivity index (χ1n) is 7.54. The van der Waals surface area contributed by atoms with Crippen LogP contribution in [0, 0.1) is 13.8 Å². The standard InChI is InChI=1S/C18H17N5/c1-12-6-4-7-13(2)17(12)23-18(19-10-21-23)14-8-5-9-15-16(14)20-11-22(15)3/h4-11H,1-3H3. The number of benzene rings is 2. The predicted molar refractivity (Wildman–Crippen MR) is 90.5 cm³/mol. The summed E-state index contributed by atoms with van der Waals surface area (Å²) in [7, 11) is 2.00. The van der Waals surface area contributed by atoms with E-state index in [1.165, 1.54) is 11.1 Å². The fourth-order valence-electron chi connectivity index (χ4n) is 3.07. The summed E-state index contributed by atoms with van der Waals surface area (Å²) in [6, 6.07) is 12.4. The number of para-hydroxylation sites is 2. The molecule has 0 atom stereocenters. The van der Waals surface area contributed by atoms with Gasteiger partial charge in [-0.3, -0.25) is 0 Å². The van der Waals surface area contributed by atoms with E-state index < -0.39 is 0 Å². The number of hydrogen-bond donors (Lipinski definition) is 0. The molecule has 0 aliphatic heterocycles. The Morgan fingerprint density at radius 1 is 0.913 bits per heavy atom. The molecular formula is C18H17N5. The lowest BCUT2D eigenvalue weighted by Gasteiger charge is -2.12. The topological polar surface area (TPSA) is 48.5 Å². The van der Waals surface area contributed by atoms with E-state index in [9.17, 15) is 0 Å². The van der Waals surface area contributed by atoms with Crippen LogP contribution in [0.15, 0.2) is 49.1 Å². The molecule has 5 nitrogen and oxygen atoms in total. The van der Waals surface area contributed by atoms with Crippen molar-refractivity contribution < 1.29 is 0 Å². The maximum atomic E-state index is 4.54. The normalized spacial score (nSPS) is 11.3. The van der Waals surface area contributed by atoms with Crippen LogP contribution >= 0.6 is 0 Å². The number of imidazole rings is 1. The minimum Gasteiger partial charge on any atom is -0.334 e. The third kappa shape index (κ3) is 2.04. The Hall–Kier alpha value is -2.95. The predicted octanol–water partition coefficient (Wildman–Crippen LogP) is 3.44. The molecule has 5 heteroatoms.